The minimum Gasteiger partial charge on any atom is -0.472 e. The molecule has 0 aromatic heterocycles. The molecule has 0 saturated carbocycles. The Morgan fingerprint density at radius 2 is 1.47 bits per heavy atom. The van der Waals surface area contributed by atoms with Crippen molar-refractivity contribution in [1.82, 2.24) is 0 Å². The van der Waals surface area contributed by atoms with Crippen molar-refractivity contribution in [3.8, 4) is 0 Å². The van der Waals surface area contributed by atoms with Crippen LogP contribution in [0.25, 0.3) is 0 Å². The summed E-state index contributed by atoms with van der Waals surface area (Å²) in [7, 11) is 11.3. The zero-order chi connectivity index (χ0) is 15.0. The molecule has 0 amide bonds. The lowest BCUT2D eigenvalue weighted by molar-refractivity contribution is -0.136. The Labute approximate surface area is 108 Å². The predicted molar refractivity (Wildman–Crippen MR) is 70.1 cm³/mol. The van der Waals surface area contributed by atoms with Crippen molar-refractivity contribution in [3.63, 3.8) is 0 Å². The zero-order valence-corrected chi connectivity index (χ0v) is 9.48. The molecule has 0 unspecified atom stereocenters. The van der Waals surface area contributed by atoms with Crippen molar-refractivity contribution in [2.45, 2.75) is 6.22 Å². The van der Waals surface area contributed by atoms with Crippen LogP contribution in [0.2, 0.25) is 6.22 Å². The van der Waals surface area contributed by atoms with E-state index in [9.17, 15) is 9.59 Å². The minimum absolute atomic E-state index is 0.108. The summed E-state index contributed by atoms with van der Waals surface area (Å²) in [4.78, 5) is 21.9. The van der Waals surface area contributed by atoms with E-state index >= 15 is 0 Å². The fourth-order valence-corrected chi connectivity index (χ4v) is 0.992. The molecular weight excluding hydrogens is 215 g/mol. The normalized spacial score (nSPS) is 10.6. The Kier molecular flexibility index (Phi) is 6.28. The summed E-state index contributed by atoms with van der Waals surface area (Å²) in [5.41, 5.74) is 0. The Hall–Kier alpha value is -1.32. The van der Waals surface area contributed by atoms with Crippen LogP contribution in [0.3, 0.4) is 0 Å². The van der Waals surface area contributed by atoms with Gasteiger partial charge in [-0.15, -0.1) is 6.22 Å². The molecule has 0 aromatic rings. The summed E-state index contributed by atoms with van der Waals surface area (Å²) >= 11 is 0. The highest BCUT2D eigenvalue weighted by molar-refractivity contribution is 7.16. The zero-order valence-electron chi connectivity index (χ0n) is 11.5. The number of ether oxygens (including phenoxy) is 2. The van der Waals surface area contributed by atoms with Crippen LogP contribution in [0, 0.1) is 0 Å². The number of esters is 2. The maximum Gasteiger partial charge on any atom is 0.329 e. The van der Waals surface area contributed by atoms with Crippen molar-refractivity contribution < 1.29 is 21.8 Å². The minimum atomic E-state index is -0.846. The van der Waals surface area contributed by atoms with E-state index in [4.69, 9.17) is 18.2 Å². The maximum absolute atomic E-state index is 10.9. The maximum atomic E-state index is 10.9. The first-order valence-corrected chi connectivity index (χ1v) is 4.90. The van der Waals surface area contributed by atoms with Crippen molar-refractivity contribution in [2.75, 3.05) is 13.0 Å². The van der Waals surface area contributed by atoms with E-state index in [1.54, 1.807) is 0 Å². The molecule has 17 heavy (non-hydrogen) atoms. The lowest BCUT2D eigenvalue weighted by atomic mass is 9.15. The van der Waals surface area contributed by atoms with Gasteiger partial charge in [0.1, 0.15) is 13.2 Å². The monoisotopic (exact) mass is 230 g/mol. The molecule has 0 fully saturated rings. The van der Waals surface area contributed by atoms with Gasteiger partial charge in [0.2, 0.25) is 0 Å². The molecular formula is C9H12B4O4. The number of carbonyl (C=O) groups is 2. The lowest BCUT2D eigenvalue weighted by Crippen LogP contribution is -2.34. The lowest BCUT2D eigenvalue weighted by Gasteiger charge is -2.13. The molecule has 0 aliphatic carbocycles. The molecule has 0 rings (SSSR count). The first-order chi connectivity index (χ1) is 8.73. The molecule has 8 heteroatoms. The second-order valence-electron chi connectivity index (χ2n) is 3.31. The van der Waals surface area contributed by atoms with E-state index in [0.717, 1.165) is 0 Å². The van der Waals surface area contributed by atoms with Crippen LogP contribution in [-0.4, -0.2) is 53.6 Å². The van der Waals surface area contributed by atoms with Gasteiger partial charge in [0.05, 0.1) is 15.8 Å². The van der Waals surface area contributed by atoms with Crippen LogP contribution in [0.1, 0.15) is 2.74 Å². The average Bonchev–Trinajstić information content (AvgIpc) is 2.32. The summed E-state index contributed by atoms with van der Waals surface area (Å²) < 4.78 is 23.2. The summed E-state index contributed by atoms with van der Waals surface area (Å²) in [6, 6.07) is -0.918. The number of hydrogen-bond acceptors (Lipinski definition) is 4. The predicted octanol–water partition coefficient (Wildman–Crippen LogP) is -0.618. The smallest absolute Gasteiger partial charge is 0.329 e. The van der Waals surface area contributed by atoms with Crippen LogP contribution in [-0.2, 0) is 19.1 Å². The van der Waals surface area contributed by atoms with Crippen molar-refractivity contribution in [3.05, 3.63) is 25.3 Å². The number of rotatable bonds is 8. The fraction of sp³-hybridized carbons (Fsp3) is 0.333. The van der Waals surface area contributed by atoms with Gasteiger partial charge in [0.25, 0.3) is 0 Å². The van der Waals surface area contributed by atoms with Gasteiger partial charge in [0.15, 0.2) is 0 Å². The summed E-state index contributed by atoms with van der Waals surface area (Å²) in [5.74, 6) is -1.69. The molecule has 0 N–H and O–H groups in total. The van der Waals surface area contributed by atoms with Gasteiger partial charge in [-0.25, -0.2) is 9.59 Å². The third-order valence-corrected chi connectivity index (χ3v) is 1.75. The van der Waals surface area contributed by atoms with Crippen molar-refractivity contribution >= 4 is 40.6 Å². The largest absolute Gasteiger partial charge is 0.472 e. The van der Waals surface area contributed by atoms with Crippen LogP contribution in [0.15, 0.2) is 25.3 Å². The summed E-state index contributed by atoms with van der Waals surface area (Å²) in [6.45, 7) is 4.90. The summed E-state index contributed by atoms with van der Waals surface area (Å²) in [6.07, 6.45) is 0.246. The van der Waals surface area contributed by atoms with Crippen LogP contribution in [0.4, 0.5) is 0 Å². The molecule has 0 aliphatic rings. The average molecular weight is 229 g/mol. The van der Waals surface area contributed by atoms with E-state index in [-0.39, 0.29) is 19.2 Å². The van der Waals surface area contributed by atoms with E-state index in [1.807, 2.05) is 0 Å². The third-order valence-electron chi connectivity index (χ3n) is 1.75. The first kappa shape index (κ1) is 12.1. The van der Waals surface area contributed by atoms with Crippen LogP contribution in [0.5, 0.6) is 0 Å². The molecule has 0 aliphatic heterocycles. The molecule has 4 nitrogen and oxygen atoms in total. The van der Waals surface area contributed by atoms with Gasteiger partial charge >= 0.3 is 11.9 Å². The van der Waals surface area contributed by atoms with Gasteiger partial charge in [-0.1, -0.05) is 13.2 Å². The second kappa shape index (κ2) is 8.79. The van der Waals surface area contributed by atoms with Gasteiger partial charge in [-0.3, -0.25) is 0 Å². The second-order valence-corrected chi connectivity index (χ2v) is 3.31. The topological polar surface area (TPSA) is 52.6 Å². The van der Waals surface area contributed by atoms with E-state index in [1.165, 1.54) is 0 Å². The molecule has 0 heterocycles. The van der Waals surface area contributed by atoms with E-state index in [0.29, 0.717) is 0 Å². The Morgan fingerprint density at radius 1 is 1.12 bits per heavy atom. The van der Waals surface area contributed by atoms with E-state index in [2.05, 4.69) is 22.6 Å². The molecule has 0 saturated heterocycles. The number of carbonyl (C=O) groups excluding carboxylic acids is 2. The molecule has 84 valence electrons. The van der Waals surface area contributed by atoms with Gasteiger partial charge in [-0.2, -0.15) is 0 Å². The molecule has 0 atom stereocenters. The quantitative estimate of drug-likeness (QED) is 0.316. The highest BCUT2D eigenvalue weighted by Crippen LogP contribution is 1.95. The van der Waals surface area contributed by atoms with Crippen molar-refractivity contribution in [2.24, 2.45) is 0 Å². The van der Waals surface area contributed by atoms with Gasteiger partial charge in [-0.05, 0) is 0 Å². The third kappa shape index (κ3) is 8.48. The molecule has 0 bridgehead atoms. The highest BCUT2D eigenvalue weighted by Gasteiger charge is 2.16. The summed E-state index contributed by atoms with van der Waals surface area (Å²) in [5, 5.41) is 0. The van der Waals surface area contributed by atoms with E-state index < -0.39 is 37.2 Å². The van der Waals surface area contributed by atoms with Gasteiger partial charge in [0, 0.05) is 27.6 Å². The Morgan fingerprint density at radius 3 is 1.76 bits per heavy atom. The molecule has 0 spiro atoms. The fourth-order valence-electron chi connectivity index (χ4n) is 0.992. The SMILES string of the molecule is [2H]C(=C)C(=O)OCB([B])CB([B])COC(=O)C([2H])=C. The first-order valence-electron chi connectivity index (χ1n) is 5.90. The van der Waals surface area contributed by atoms with Gasteiger partial charge < -0.3 is 9.47 Å². The number of hydrogen-bond donors (Lipinski definition) is 0. The standard InChI is InChI=1S/C9H12B4O4/c1-3-8(14)16-6-12(10)5-13(11)7-17-9(15)4-2/h3-4H,1-2,5-7H2/i3D,4D. The Balaban J connectivity index is 3.89. The van der Waals surface area contributed by atoms with Crippen LogP contribution < -0.4 is 0 Å². The van der Waals surface area contributed by atoms with Crippen LogP contribution >= 0.6 is 0 Å². The highest BCUT2D eigenvalue weighted by atomic mass is 16.5. The molecule has 4 radical (unpaired) electrons. The van der Waals surface area contributed by atoms with Crippen molar-refractivity contribution in [1.29, 1.82) is 0 Å². The molecule has 0 aromatic carbocycles. The Bertz CT molecular complexity index is 343.